The summed E-state index contributed by atoms with van der Waals surface area (Å²) in [7, 11) is -3.89. The molecular formula is C14H9Cl2FO3S. The van der Waals surface area contributed by atoms with Crippen LogP contribution in [-0.2, 0) is 9.84 Å². The third kappa shape index (κ3) is 3.61. The topological polar surface area (TPSA) is 51.2 Å². The highest BCUT2D eigenvalue weighted by Crippen LogP contribution is 2.22. The van der Waals surface area contributed by atoms with Gasteiger partial charge in [-0.15, -0.1) is 0 Å². The number of Topliss-reactive ketones (excluding diaryl/α,β-unsaturated/α-hetero) is 1. The molecule has 0 saturated carbocycles. The van der Waals surface area contributed by atoms with Crippen LogP contribution in [0.3, 0.4) is 0 Å². The van der Waals surface area contributed by atoms with Crippen molar-refractivity contribution in [2.75, 3.05) is 5.75 Å². The highest BCUT2D eigenvalue weighted by Gasteiger charge is 2.24. The van der Waals surface area contributed by atoms with E-state index >= 15 is 0 Å². The van der Waals surface area contributed by atoms with Crippen LogP contribution in [0, 0.1) is 5.82 Å². The van der Waals surface area contributed by atoms with Gasteiger partial charge in [-0.2, -0.15) is 0 Å². The number of hydrogen-bond donors (Lipinski definition) is 0. The van der Waals surface area contributed by atoms with Crippen molar-refractivity contribution in [3.05, 3.63) is 63.9 Å². The first kappa shape index (κ1) is 15.9. The molecule has 0 bridgehead atoms. The Kier molecular flexibility index (Phi) is 4.66. The van der Waals surface area contributed by atoms with E-state index in [2.05, 4.69) is 0 Å². The Morgan fingerprint density at radius 2 is 1.67 bits per heavy atom. The number of carbonyl (C=O) groups excluding carboxylic acids is 1. The van der Waals surface area contributed by atoms with Gasteiger partial charge >= 0.3 is 0 Å². The summed E-state index contributed by atoms with van der Waals surface area (Å²) >= 11 is 11.4. The number of halogens is 3. The number of ketones is 1. The van der Waals surface area contributed by atoms with Crippen molar-refractivity contribution in [2.24, 2.45) is 0 Å². The lowest BCUT2D eigenvalue weighted by molar-refractivity contribution is 0.101. The third-order valence-electron chi connectivity index (χ3n) is 2.74. The molecule has 0 spiro atoms. The lowest BCUT2D eigenvalue weighted by Crippen LogP contribution is -2.18. The van der Waals surface area contributed by atoms with E-state index in [9.17, 15) is 17.6 Å². The van der Waals surface area contributed by atoms with Crippen molar-refractivity contribution < 1.29 is 17.6 Å². The third-order valence-corrected chi connectivity index (χ3v) is 4.94. The van der Waals surface area contributed by atoms with E-state index in [1.165, 1.54) is 36.4 Å². The molecule has 0 aliphatic rings. The van der Waals surface area contributed by atoms with Gasteiger partial charge in [-0.1, -0.05) is 29.3 Å². The standard InChI is InChI=1S/C14H9Cl2FO3S/c15-9-4-6-10(7-5-9)21(19,20)8-13(18)14-11(16)2-1-3-12(14)17/h1-7H,8H2. The molecule has 0 saturated heterocycles. The smallest absolute Gasteiger partial charge is 0.185 e. The van der Waals surface area contributed by atoms with Gasteiger partial charge in [0.05, 0.1) is 15.5 Å². The van der Waals surface area contributed by atoms with Crippen molar-refractivity contribution in [1.29, 1.82) is 0 Å². The minimum Gasteiger partial charge on any atom is -0.293 e. The molecule has 0 atom stereocenters. The van der Waals surface area contributed by atoms with Crippen molar-refractivity contribution in [3.8, 4) is 0 Å². The maximum Gasteiger partial charge on any atom is 0.185 e. The molecule has 2 rings (SSSR count). The van der Waals surface area contributed by atoms with E-state index in [4.69, 9.17) is 23.2 Å². The van der Waals surface area contributed by atoms with Gasteiger partial charge < -0.3 is 0 Å². The molecule has 0 aromatic heterocycles. The van der Waals surface area contributed by atoms with E-state index < -0.39 is 32.8 Å². The van der Waals surface area contributed by atoms with Crippen LogP contribution in [0.15, 0.2) is 47.4 Å². The predicted molar refractivity (Wildman–Crippen MR) is 79.2 cm³/mol. The van der Waals surface area contributed by atoms with Gasteiger partial charge in [-0.25, -0.2) is 12.8 Å². The van der Waals surface area contributed by atoms with E-state index in [0.29, 0.717) is 5.02 Å². The molecule has 0 aliphatic carbocycles. The van der Waals surface area contributed by atoms with Gasteiger partial charge in [0, 0.05) is 5.02 Å². The molecule has 2 aromatic rings. The molecule has 0 aliphatic heterocycles. The molecular weight excluding hydrogens is 338 g/mol. The van der Waals surface area contributed by atoms with E-state index in [1.807, 2.05) is 0 Å². The van der Waals surface area contributed by atoms with Crippen molar-refractivity contribution in [2.45, 2.75) is 4.90 Å². The molecule has 0 N–H and O–H groups in total. The summed E-state index contributed by atoms with van der Waals surface area (Å²) < 4.78 is 37.9. The maximum atomic E-state index is 13.6. The molecule has 7 heteroatoms. The van der Waals surface area contributed by atoms with Gasteiger partial charge in [0.15, 0.2) is 15.6 Å². The van der Waals surface area contributed by atoms with Gasteiger partial charge in [0.2, 0.25) is 0 Å². The van der Waals surface area contributed by atoms with Crippen LogP contribution in [0.1, 0.15) is 10.4 Å². The Labute approximate surface area is 131 Å². The van der Waals surface area contributed by atoms with Gasteiger partial charge in [-0.3, -0.25) is 4.79 Å². The SMILES string of the molecule is O=C(CS(=O)(=O)c1ccc(Cl)cc1)c1c(F)cccc1Cl. The first-order valence-electron chi connectivity index (χ1n) is 5.77. The zero-order valence-electron chi connectivity index (χ0n) is 10.5. The molecule has 2 aromatic carbocycles. The molecule has 3 nitrogen and oxygen atoms in total. The molecule has 110 valence electrons. The monoisotopic (exact) mass is 346 g/mol. The summed E-state index contributed by atoms with van der Waals surface area (Å²) in [6.07, 6.45) is 0. The Bertz CT molecular complexity index is 766. The maximum absolute atomic E-state index is 13.6. The van der Waals surface area contributed by atoms with E-state index in [1.54, 1.807) is 0 Å². The van der Waals surface area contributed by atoms with Gasteiger partial charge in [-0.05, 0) is 36.4 Å². The van der Waals surface area contributed by atoms with Crippen LogP contribution >= 0.6 is 23.2 Å². The van der Waals surface area contributed by atoms with Crippen molar-refractivity contribution in [3.63, 3.8) is 0 Å². The van der Waals surface area contributed by atoms with Crippen LogP contribution in [0.5, 0.6) is 0 Å². The predicted octanol–water partition coefficient (Wildman–Crippen LogP) is 3.79. The summed E-state index contributed by atoms with van der Waals surface area (Å²) in [5.41, 5.74) is -0.420. The summed E-state index contributed by atoms with van der Waals surface area (Å²) in [5.74, 6) is -2.61. The Morgan fingerprint density at radius 1 is 1.05 bits per heavy atom. The number of hydrogen-bond acceptors (Lipinski definition) is 3. The lowest BCUT2D eigenvalue weighted by atomic mass is 10.1. The second-order valence-electron chi connectivity index (χ2n) is 4.23. The Hall–Kier alpha value is -1.43. The Morgan fingerprint density at radius 3 is 2.24 bits per heavy atom. The first-order valence-corrected chi connectivity index (χ1v) is 8.17. The van der Waals surface area contributed by atoms with Crippen LogP contribution in [0.2, 0.25) is 10.0 Å². The van der Waals surface area contributed by atoms with Gasteiger partial charge in [0.1, 0.15) is 11.6 Å². The van der Waals surface area contributed by atoms with Crippen LogP contribution < -0.4 is 0 Å². The molecule has 0 radical (unpaired) electrons. The Balaban J connectivity index is 2.33. The second-order valence-corrected chi connectivity index (χ2v) is 7.07. The largest absolute Gasteiger partial charge is 0.293 e. The molecule has 0 unspecified atom stereocenters. The number of benzene rings is 2. The highest BCUT2D eigenvalue weighted by molar-refractivity contribution is 7.92. The zero-order chi connectivity index (χ0) is 15.6. The van der Waals surface area contributed by atoms with E-state index in [-0.39, 0.29) is 9.92 Å². The fraction of sp³-hybridized carbons (Fsp3) is 0.0714. The molecule has 0 fully saturated rings. The summed E-state index contributed by atoms with van der Waals surface area (Å²) in [6, 6.07) is 9.08. The van der Waals surface area contributed by atoms with Crippen LogP contribution in [0.25, 0.3) is 0 Å². The first-order chi connectivity index (χ1) is 9.81. The normalized spacial score (nSPS) is 11.4. The average Bonchev–Trinajstić information content (AvgIpc) is 2.38. The van der Waals surface area contributed by atoms with Crippen molar-refractivity contribution in [1.82, 2.24) is 0 Å². The van der Waals surface area contributed by atoms with Gasteiger partial charge in [0.25, 0.3) is 0 Å². The van der Waals surface area contributed by atoms with Crippen LogP contribution in [-0.4, -0.2) is 20.0 Å². The minimum atomic E-state index is -3.89. The lowest BCUT2D eigenvalue weighted by Gasteiger charge is -2.06. The van der Waals surface area contributed by atoms with Crippen LogP contribution in [0.4, 0.5) is 4.39 Å². The zero-order valence-corrected chi connectivity index (χ0v) is 12.8. The second kappa shape index (κ2) is 6.13. The summed E-state index contributed by atoms with van der Waals surface area (Å²) in [6.45, 7) is 0. The summed E-state index contributed by atoms with van der Waals surface area (Å²) in [5, 5.41) is 0.253. The summed E-state index contributed by atoms with van der Waals surface area (Å²) in [4.78, 5) is 12.0. The van der Waals surface area contributed by atoms with E-state index in [0.717, 1.165) is 6.07 Å². The average molecular weight is 347 g/mol. The highest BCUT2D eigenvalue weighted by atomic mass is 35.5. The fourth-order valence-corrected chi connectivity index (χ4v) is 3.34. The molecule has 21 heavy (non-hydrogen) atoms. The number of carbonyl (C=O) groups is 1. The molecule has 0 heterocycles. The van der Waals surface area contributed by atoms with Crippen molar-refractivity contribution >= 4 is 38.8 Å². The fourth-order valence-electron chi connectivity index (χ4n) is 1.73. The number of rotatable bonds is 4. The quantitative estimate of drug-likeness (QED) is 0.791. The minimum absolute atomic E-state index is 0.0623. The molecule has 0 amide bonds. The number of sulfone groups is 1.